The Morgan fingerprint density at radius 3 is 2.82 bits per heavy atom. The van der Waals surface area contributed by atoms with Gasteiger partial charge in [0.15, 0.2) is 0 Å². The maximum atomic E-state index is 3.68. The first-order valence-electron chi connectivity index (χ1n) is 7.26. The third-order valence-corrected chi connectivity index (χ3v) is 5.65. The average Bonchev–Trinajstić information content (AvgIpc) is 3.05. The van der Waals surface area contributed by atoms with Gasteiger partial charge in [-0.05, 0) is 23.8 Å². The van der Waals surface area contributed by atoms with E-state index in [2.05, 4.69) is 90.7 Å². The predicted molar refractivity (Wildman–Crippen MR) is 99.8 cm³/mol. The van der Waals surface area contributed by atoms with Gasteiger partial charge in [0.2, 0.25) is 0 Å². The molecule has 1 aliphatic heterocycles. The van der Waals surface area contributed by atoms with Gasteiger partial charge in [0.05, 0.1) is 17.2 Å². The SMILES string of the molecule is BrC1=CC2c3ccc4c([nH]c5ccc(Br)cc54)c3NC2C=C1. The molecule has 2 nitrogen and oxygen atoms in total. The third-order valence-electron chi connectivity index (χ3n) is 4.63. The van der Waals surface area contributed by atoms with Crippen LogP contribution >= 0.6 is 31.9 Å². The fourth-order valence-corrected chi connectivity index (χ4v) is 4.42. The van der Waals surface area contributed by atoms with Gasteiger partial charge in [0, 0.05) is 31.2 Å². The summed E-state index contributed by atoms with van der Waals surface area (Å²) < 4.78 is 2.27. The summed E-state index contributed by atoms with van der Waals surface area (Å²) in [5.74, 6) is 0.400. The predicted octanol–water partition coefficient (Wildman–Crippen LogP) is 5.81. The lowest BCUT2D eigenvalue weighted by atomic mass is 9.91. The van der Waals surface area contributed by atoms with Gasteiger partial charge in [-0.2, -0.15) is 0 Å². The molecule has 4 heteroatoms. The summed E-state index contributed by atoms with van der Waals surface area (Å²) in [5.41, 5.74) is 4.99. The van der Waals surface area contributed by atoms with E-state index in [-0.39, 0.29) is 0 Å². The molecule has 2 atom stereocenters. The minimum Gasteiger partial charge on any atom is -0.376 e. The van der Waals surface area contributed by atoms with Crippen molar-refractivity contribution in [1.29, 1.82) is 0 Å². The lowest BCUT2D eigenvalue weighted by molar-refractivity contribution is 0.804. The highest BCUT2D eigenvalue weighted by Crippen LogP contribution is 2.45. The molecule has 0 saturated heterocycles. The van der Waals surface area contributed by atoms with E-state index in [4.69, 9.17) is 0 Å². The topological polar surface area (TPSA) is 27.8 Å². The molecule has 2 aliphatic rings. The van der Waals surface area contributed by atoms with Crippen molar-refractivity contribution in [3.8, 4) is 0 Å². The summed E-state index contributed by atoms with van der Waals surface area (Å²) in [4.78, 5) is 3.59. The zero-order valence-corrected chi connectivity index (χ0v) is 14.7. The Kier molecular flexibility index (Phi) is 2.65. The molecule has 2 N–H and O–H groups in total. The summed E-state index contributed by atoms with van der Waals surface area (Å²) in [6.07, 6.45) is 6.65. The number of aromatic nitrogens is 1. The number of aromatic amines is 1. The highest BCUT2D eigenvalue weighted by Gasteiger charge is 2.32. The van der Waals surface area contributed by atoms with E-state index in [0.717, 1.165) is 8.96 Å². The Balaban J connectivity index is 1.81. The first-order chi connectivity index (χ1) is 10.7. The fraction of sp³-hybridized carbons (Fsp3) is 0.111. The first kappa shape index (κ1) is 13.0. The monoisotopic (exact) mass is 414 g/mol. The maximum Gasteiger partial charge on any atom is 0.0703 e. The highest BCUT2D eigenvalue weighted by atomic mass is 79.9. The van der Waals surface area contributed by atoms with Gasteiger partial charge in [-0.3, -0.25) is 0 Å². The molecular formula is C18H12Br2N2. The number of rotatable bonds is 0. The second kappa shape index (κ2) is 4.49. The van der Waals surface area contributed by atoms with E-state index in [9.17, 15) is 0 Å². The van der Waals surface area contributed by atoms with Gasteiger partial charge < -0.3 is 10.3 Å². The van der Waals surface area contributed by atoms with Crippen LogP contribution in [0.2, 0.25) is 0 Å². The molecule has 2 unspecified atom stereocenters. The zero-order valence-electron chi connectivity index (χ0n) is 11.5. The van der Waals surface area contributed by atoms with Crippen LogP contribution in [0.3, 0.4) is 0 Å². The molecule has 1 aromatic heterocycles. The van der Waals surface area contributed by atoms with Crippen LogP contribution in [0, 0.1) is 0 Å². The normalized spacial score (nSPS) is 22.5. The van der Waals surface area contributed by atoms with Crippen molar-refractivity contribution in [2.24, 2.45) is 0 Å². The van der Waals surface area contributed by atoms with Gasteiger partial charge in [0.1, 0.15) is 0 Å². The standard InChI is InChI=1S/C18H12Br2N2/c19-9-1-5-15-13(7-9)11-3-4-12-14-8-10(20)2-6-16(14)22-18(12)17(11)21-15/h1-8,13,15,21-22H. The summed E-state index contributed by atoms with van der Waals surface area (Å²) >= 11 is 7.17. The first-order valence-corrected chi connectivity index (χ1v) is 8.85. The summed E-state index contributed by atoms with van der Waals surface area (Å²) in [6, 6.07) is 11.2. The smallest absolute Gasteiger partial charge is 0.0703 e. The molecule has 0 saturated carbocycles. The van der Waals surface area contributed by atoms with Crippen LogP contribution in [0.15, 0.2) is 57.5 Å². The number of fused-ring (bicyclic) bond motifs is 7. The second-order valence-electron chi connectivity index (χ2n) is 5.87. The lowest BCUT2D eigenvalue weighted by Crippen LogP contribution is -2.18. The Labute approximate surface area is 144 Å². The molecular weight excluding hydrogens is 404 g/mol. The Morgan fingerprint density at radius 2 is 1.91 bits per heavy atom. The van der Waals surface area contributed by atoms with E-state index in [1.165, 1.54) is 33.1 Å². The number of halogens is 2. The van der Waals surface area contributed by atoms with Crippen molar-refractivity contribution in [2.75, 3.05) is 5.32 Å². The minimum absolute atomic E-state index is 0.347. The van der Waals surface area contributed by atoms with Gasteiger partial charge >= 0.3 is 0 Å². The van der Waals surface area contributed by atoms with Crippen LogP contribution in [-0.4, -0.2) is 11.0 Å². The van der Waals surface area contributed by atoms with Crippen molar-refractivity contribution in [1.82, 2.24) is 4.98 Å². The second-order valence-corrected chi connectivity index (χ2v) is 7.71. The van der Waals surface area contributed by atoms with Crippen LogP contribution in [0.5, 0.6) is 0 Å². The number of nitrogens with one attached hydrogen (secondary N) is 2. The number of benzene rings is 2. The molecule has 0 spiro atoms. The fourth-order valence-electron chi connectivity index (χ4n) is 3.62. The molecule has 108 valence electrons. The number of allylic oxidation sites excluding steroid dienone is 2. The average molecular weight is 416 g/mol. The number of anilines is 1. The summed E-state index contributed by atoms with van der Waals surface area (Å²) in [7, 11) is 0. The Hall–Kier alpha value is -1.52. The van der Waals surface area contributed by atoms with Crippen LogP contribution < -0.4 is 5.32 Å². The number of H-pyrrole nitrogens is 1. The molecule has 0 bridgehead atoms. The molecule has 0 fully saturated rings. The minimum atomic E-state index is 0.347. The molecule has 1 aliphatic carbocycles. The number of hydrogen-bond acceptors (Lipinski definition) is 1. The van der Waals surface area contributed by atoms with Crippen molar-refractivity contribution < 1.29 is 0 Å². The van der Waals surface area contributed by atoms with E-state index >= 15 is 0 Å². The van der Waals surface area contributed by atoms with E-state index in [1.807, 2.05) is 0 Å². The van der Waals surface area contributed by atoms with Crippen LogP contribution in [-0.2, 0) is 0 Å². The van der Waals surface area contributed by atoms with E-state index < -0.39 is 0 Å². The van der Waals surface area contributed by atoms with Gasteiger partial charge in [-0.25, -0.2) is 0 Å². The van der Waals surface area contributed by atoms with Crippen LogP contribution in [0.25, 0.3) is 21.8 Å². The molecule has 22 heavy (non-hydrogen) atoms. The van der Waals surface area contributed by atoms with Crippen molar-refractivity contribution in [3.63, 3.8) is 0 Å². The summed E-state index contributed by atoms with van der Waals surface area (Å²) in [6.45, 7) is 0. The van der Waals surface area contributed by atoms with Crippen molar-refractivity contribution >= 4 is 59.4 Å². The molecule has 0 amide bonds. The van der Waals surface area contributed by atoms with Crippen LogP contribution in [0.1, 0.15) is 11.5 Å². The van der Waals surface area contributed by atoms with Gasteiger partial charge in [-0.15, -0.1) is 0 Å². The van der Waals surface area contributed by atoms with Crippen molar-refractivity contribution in [3.05, 3.63) is 63.1 Å². The van der Waals surface area contributed by atoms with Gasteiger partial charge in [0.25, 0.3) is 0 Å². The molecule has 3 aromatic rings. The molecule has 2 heterocycles. The summed E-state index contributed by atoms with van der Waals surface area (Å²) in [5, 5.41) is 6.21. The molecule has 5 rings (SSSR count). The van der Waals surface area contributed by atoms with Crippen LogP contribution in [0.4, 0.5) is 5.69 Å². The third kappa shape index (κ3) is 1.71. The lowest BCUT2D eigenvalue weighted by Gasteiger charge is -2.17. The van der Waals surface area contributed by atoms with E-state index in [1.54, 1.807) is 0 Å². The van der Waals surface area contributed by atoms with Crippen molar-refractivity contribution in [2.45, 2.75) is 12.0 Å². The van der Waals surface area contributed by atoms with Gasteiger partial charge in [-0.1, -0.05) is 62.2 Å². The zero-order chi connectivity index (χ0) is 14.8. The molecule has 2 aromatic carbocycles. The Morgan fingerprint density at radius 1 is 1.00 bits per heavy atom. The Bertz CT molecular complexity index is 997. The highest BCUT2D eigenvalue weighted by molar-refractivity contribution is 9.12. The molecule has 0 radical (unpaired) electrons. The maximum absolute atomic E-state index is 3.68. The number of hydrogen-bond donors (Lipinski definition) is 2. The largest absolute Gasteiger partial charge is 0.376 e. The quantitative estimate of drug-likeness (QED) is 0.476. The van der Waals surface area contributed by atoms with E-state index in [0.29, 0.717) is 12.0 Å².